The van der Waals surface area contributed by atoms with E-state index in [1.807, 2.05) is 6.07 Å². The normalized spacial score (nSPS) is 10.0. The molecule has 162 valence electrons. The molecule has 0 fully saturated rings. The molecule has 0 bridgehead atoms. The van der Waals surface area contributed by atoms with Crippen molar-refractivity contribution in [1.82, 2.24) is 0 Å². The summed E-state index contributed by atoms with van der Waals surface area (Å²) in [4.78, 5) is 24.4. The monoisotopic (exact) mass is 434 g/mol. The number of ether oxygens (including phenoxy) is 3. The van der Waals surface area contributed by atoms with Gasteiger partial charge in [0.1, 0.15) is 36.1 Å². The van der Waals surface area contributed by atoms with Crippen molar-refractivity contribution in [3.63, 3.8) is 0 Å². The maximum atomic E-state index is 13.6. The van der Waals surface area contributed by atoms with Crippen LogP contribution in [0.3, 0.4) is 0 Å². The molecule has 1 N–H and O–H groups in total. The lowest BCUT2D eigenvalue weighted by atomic mass is 10.2. The molecule has 0 atom stereocenters. The number of carbonyl (C=O) groups is 2. The fourth-order valence-corrected chi connectivity index (χ4v) is 2.65. The molecule has 7 nitrogen and oxygen atoms in total. The van der Waals surface area contributed by atoms with Crippen molar-refractivity contribution < 1.29 is 28.2 Å². The number of carbonyl (C=O) groups excluding carboxylic acids is 2. The minimum atomic E-state index is -0.640. The molecule has 0 spiro atoms. The van der Waals surface area contributed by atoms with E-state index in [9.17, 15) is 14.0 Å². The van der Waals surface area contributed by atoms with E-state index in [0.29, 0.717) is 11.3 Å². The zero-order valence-corrected chi connectivity index (χ0v) is 16.9. The number of esters is 1. The molecular formula is C24H19FN2O5. The third kappa shape index (κ3) is 6.31. The lowest BCUT2D eigenvalue weighted by Crippen LogP contribution is -2.21. The summed E-state index contributed by atoms with van der Waals surface area (Å²) >= 11 is 0. The van der Waals surface area contributed by atoms with Crippen molar-refractivity contribution in [3.8, 4) is 17.6 Å². The molecule has 0 aliphatic carbocycles. The second kappa shape index (κ2) is 11.1. The van der Waals surface area contributed by atoms with Gasteiger partial charge in [-0.3, -0.25) is 4.79 Å². The molecule has 0 saturated carbocycles. The van der Waals surface area contributed by atoms with Crippen LogP contribution in [0, 0.1) is 17.1 Å². The van der Waals surface area contributed by atoms with Gasteiger partial charge in [-0.1, -0.05) is 24.3 Å². The highest BCUT2D eigenvalue weighted by atomic mass is 19.1. The Labute approximate surface area is 184 Å². The summed E-state index contributed by atoms with van der Waals surface area (Å²) in [7, 11) is 0. The van der Waals surface area contributed by atoms with Crippen LogP contribution in [0.4, 0.5) is 10.1 Å². The van der Waals surface area contributed by atoms with E-state index in [1.54, 1.807) is 42.5 Å². The number of nitriles is 1. The molecule has 0 saturated heterocycles. The average molecular weight is 434 g/mol. The molecule has 3 rings (SSSR count). The fraction of sp³-hybridized carbons (Fsp3) is 0.125. The molecule has 8 heteroatoms. The Kier molecular flexibility index (Phi) is 7.76. The first-order chi connectivity index (χ1) is 15.6. The van der Waals surface area contributed by atoms with Gasteiger partial charge in [-0.05, 0) is 48.5 Å². The van der Waals surface area contributed by atoms with E-state index in [0.717, 1.165) is 0 Å². The number of hydrogen-bond acceptors (Lipinski definition) is 6. The van der Waals surface area contributed by atoms with Crippen LogP contribution in [-0.2, 0) is 9.53 Å². The number of anilines is 1. The maximum Gasteiger partial charge on any atom is 0.342 e. The summed E-state index contributed by atoms with van der Waals surface area (Å²) in [6.07, 6.45) is 0. The van der Waals surface area contributed by atoms with Gasteiger partial charge in [0.25, 0.3) is 5.91 Å². The number of hydrogen-bond donors (Lipinski definition) is 1. The number of rotatable bonds is 9. The lowest BCUT2D eigenvalue weighted by molar-refractivity contribution is -0.118. The molecule has 0 unspecified atom stereocenters. The standard InChI is InChI=1S/C24H19FN2O5/c25-20-6-2-3-7-21(20)27-23(28)16-32-22-8-4-1-5-19(22)24(29)31-14-13-30-18-11-9-17(15-26)10-12-18/h1-12H,13-14,16H2,(H,27,28). The van der Waals surface area contributed by atoms with E-state index in [1.165, 1.54) is 30.3 Å². The van der Waals surface area contributed by atoms with Gasteiger partial charge in [0.2, 0.25) is 0 Å². The van der Waals surface area contributed by atoms with Crippen LogP contribution in [0.1, 0.15) is 15.9 Å². The van der Waals surface area contributed by atoms with Gasteiger partial charge in [0.15, 0.2) is 6.61 Å². The second-order valence-corrected chi connectivity index (χ2v) is 6.43. The zero-order chi connectivity index (χ0) is 22.8. The summed E-state index contributed by atoms with van der Waals surface area (Å²) in [5.74, 6) is -1.07. The lowest BCUT2D eigenvalue weighted by Gasteiger charge is -2.12. The van der Waals surface area contributed by atoms with Gasteiger partial charge in [-0.2, -0.15) is 5.26 Å². The van der Waals surface area contributed by atoms with Gasteiger partial charge >= 0.3 is 5.97 Å². The largest absolute Gasteiger partial charge is 0.490 e. The molecular weight excluding hydrogens is 415 g/mol. The molecule has 1 amide bonds. The smallest absolute Gasteiger partial charge is 0.342 e. The molecule has 3 aromatic carbocycles. The Morgan fingerprint density at radius 2 is 1.62 bits per heavy atom. The topological polar surface area (TPSA) is 97.7 Å². The van der Waals surface area contributed by atoms with Crippen molar-refractivity contribution in [2.24, 2.45) is 0 Å². The van der Waals surface area contributed by atoms with Crippen molar-refractivity contribution >= 4 is 17.6 Å². The molecule has 0 aliphatic rings. The SMILES string of the molecule is N#Cc1ccc(OCCOC(=O)c2ccccc2OCC(=O)Nc2ccccc2F)cc1. The Bertz CT molecular complexity index is 1130. The average Bonchev–Trinajstić information content (AvgIpc) is 2.82. The van der Waals surface area contributed by atoms with Gasteiger partial charge in [-0.25, -0.2) is 9.18 Å². The Morgan fingerprint density at radius 3 is 2.38 bits per heavy atom. The van der Waals surface area contributed by atoms with Crippen LogP contribution in [-0.4, -0.2) is 31.7 Å². The Morgan fingerprint density at radius 1 is 0.906 bits per heavy atom. The molecule has 32 heavy (non-hydrogen) atoms. The molecule has 0 aliphatic heterocycles. The number of nitrogens with one attached hydrogen (secondary N) is 1. The summed E-state index contributed by atoms with van der Waals surface area (Å²) in [5.41, 5.74) is 0.698. The van der Waals surface area contributed by atoms with Crippen molar-refractivity contribution in [1.29, 1.82) is 5.26 Å². The van der Waals surface area contributed by atoms with E-state index in [-0.39, 0.29) is 30.2 Å². The minimum absolute atomic E-state index is 0.0130. The highest BCUT2D eigenvalue weighted by molar-refractivity contribution is 5.94. The summed E-state index contributed by atoms with van der Waals surface area (Å²) < 4.78 is 29.7. The Balaban J connectivity index is 1.49. The number of amides is 1. The van der Waals surface area contributed by atoms with E-state index >= 15 is 0 Å². The quantitative estimate of drug-likeness (QED) is 0.405. The maximum absolute atomic E-state index is 13.6. The number of nitrogens with zero attached hydrogens (tertiary/aromatic N) is 1. The summed E-state index contributed by atoms with van der Waals surface area (Å²) in [6.45, 7) is -0.312. The molecule has 3 aromatic rings. The van der Waals surface area contributed by atoms with E-state index in [2.05, 4.69) is 5.32 Å². The molecule has 0 heterocycles. The van der Waals surface area contributed by atoms with Crippen LogP contribution in [0.2, 0.25) is 0 Å². The van der Waals surface area contributed by atoms with Gasteiger partial charge in [0.05, 0.1) is 17.3 Å². The Hall–Kier alpha value is -4.38. The van der Waals surface area contributed by atoms with Gasteiger partial charge < -0.3 is 19.5 Å². The third-order valence-electron chi connectivity index (χ3n) is 4.18. The fourth-order valence-electron chi connectivity index (χ4n) is 2.65. The summed E-state index contributed by atoms with van der Waals surface area (Å²) in [5, 5.41) is 11.2. The highest BCUT2D eigenvalue weighted by Crippen LogP contribution is 2.19. The van der Waals surface area contributed by atoms with Gasteiger partial charge in [-0.15, -0.1) is 0 Å². The van der Waals surface area contributed by atoms with Crippen molar-refractivity contribution in [2.75, 3.05) is 25.1 Å². The molecule has 0 aromatic heterocycles. The van der Waals surface area contributed by atoms with Gasteiger partial charge in [0, 0.05) is 0 Å². The third-order valence-corrected chi connectivity index (χ3v) is 4.18. The predicted molar refractivity (Wildman–Crippen MR) is 114 cm³/mol. The first-order valence-electron chi connectivity index (χ1n) is 9.63. The van der Waals surface area contributed by atoms with Crippen LogP contribution in [0.5, 0.6) is 11.5 Å². The van der Waals surface area contributed by atoms with Crippen LogP contribution in [0.25, 0.3) is 0 Å². The second-order valence-electron chi connectivity index (χ2n) is 6.43. The highest BCUT2D eigenvalue weighted by Gasteiger charge is 2.15. The van der Waals surface area contributed by atoms with E-state index in [4.69, 9.17) is 19.5 Å². The van der Waals surface area contributed by atoms with Crippen LogP contribution in [0.15, 0.2) is 72.8 Å². The van der Waals surface area contributed by atoms with Crippen molar-refractivity contribution in [3.05, 3.63) is 89.7 Å². The van der Waals surface area contributed by atoms with Crippen LogP contribution < -0.4 is 14.8 Å². The summed E-state index contributed by atoms with van der Waals surface area (Å²) in [6, 6.07) is 20.6. The number of benzene rings is 3. The first kappa shape index (κ1) is 22.3. The number of halogens is 1. The predicted octanol–water partition coefficient (Wildman–Crippen LogP) is 3.95. The minimum Gasteiger partial charge on any atom is -0.490 e. The molecule has 0 radical (unpaired) electrons. The zero-order valence-electron chi connectivity index (χ0n) is 16.9. The van der Waals surface area contributed by atoms with Crippen LogP contribution >= 0.6 is 0 Å². The van der Waals surface area contributed by atoms with Crippen molar-refractivity contribution in [2.45, 2.75) is 0 Å². The van der Waals surface area contributed by atoms with E-state index < -0.39 is 24.3 Å². The number of para-hydroxylation sites is 2. The first-order valence-corrected chi connectivity index (χ1v) is 9.63.